The van der Waals surface area contributed by atoms with E-state index in [2.05, 4.69) is 17.4 Å². The van der Waals surface area contributed by atoms with Crippen LogP contribution in [0, 0.1) is 5.92 Å². The van der Waals surface area contributed by atoms with Crippen molar-refractivity contribution in [1.82, 2.24) is 5.32 Å². The molecular formula is C14H17NO. The van der Waals surface area contributed by atoms with E-state index in [9.17, 15) is 4.79 Å². The van der Waals surface area contributed by atoms with E-state index in [1.54, 1.807) is 0 Å². The molecular weight excluding hydrogens is 198 g/mol. The van der Waals surface area contributed by atoms with E-state index in [4.69, 9.17) is 0 Å². The summed E-state index contributed by atoms with van der Waals surface area (Å²) in [5.41, 5.74) is 3.57. The van der Waals surface area contributed by atoms with Gasteiger partial charge < -0.3 is 10.1 Å². The molecule has 0 fully saturated rings. The van der Waals surface area contributed by atoms with Gasteiger partial charge in [-0.15, -0.1) is 0 Å². The Morgan fingerprint density at radius 1 is 1.31 bits per heavy atom. The number of nitrogens with one attached hydrogen (secondary N) is 1. The predicted molar refractivity (Wildman–Crippen MR) is 65.8 cm³/mol. The van der Waals surface area contributed by atoms with Gasteiger partial charge >= 0.3 is 0 Å². The topological polar surface area (TPSA) is 29.1 Å². The van der Waals surface area contributed by atoms with Gasteiger partial charge in [0.1, 0.15) is 6.29 Å². The van der Waals surface area contributed by atoms with Gasteiger partial charge in [-0.25, -0.2) is 0 Å². The molecule has 1 atom stereocenters. The first-order valence-corrected chi connectivity index (χ1v) is 5.78. The van der Waals surface area contributed by atoms with Crippen LogP contribution in [0.1, 0.15) is 24.8 Å². The van der Waals surface area contributed by atoms with Crippen LogP contribution in [0.4, 0.5) is 0 Å². The van der Waals surface area contributed by atoms with Crippen molar-refractivity contribution in [2.75, 3.05) is 7.05 Å². The van der Waals surface area contributed by atoms with Gasteiger partial charge in [-0.2, -0.15) is 0 Å². The van der Waals surface area contributed by atoms with E-state index in [0.29, 0.717) is 0 Å². The van der Waals surface area contributed by atoms with Crippen LogP contribution < -0.4 is 5.32 Å². The zero-order valence-corrected chi connectivity index (χ0v) is 9.57. The minimum absolute atomic E-state index is 0.0543. The van der Waals surface area contributed by atoms with E-state index in [1.165, 1.54) is 16.8 Å². The molecule has 84 valence electrons. The Bertz CT molecular complexity index is 394. The lowest BCUT2D eigenvalue weighted by Crippen LogP contribution is -2.19. The summed E-state index contributed by atoms with van der Waals surface area (Å²) in [6.07, 6.45) is 4.19. The van der Waals surface area contributed by atoms with Crippen LogP contribution in [0.15, 0.2) is 36.0 Å². The molecule has 2 rings (SSSR count). The highest BCUT2D eigenvalue weighted by Gasteiger charge is 2.23. The fraction of sp³-hybridized carbons (Fsp3) is 0.357. The second kappa shape index (κ2) is 4.97. The fourth-order valence-electron chi connectivity index (χ4n) is 2.40. The molecule has 0 aromatic heterocycles. The summed E-state index contributed by atoms with van der Waals surface area (Å²) >= 11 is 0. The van der Waals surface area contributed by atoms with Gasteiger partial charge in [0, 0.05) is 18.7 Å². The quantitative estimate of drug-likeness (QED) is 0.785. The van der Waals surface area contributed by atoms with E-state index in [0.717, 1.165) is 25.5 Å². The number of hydrogen-bond donors (Lipinski definition) is 1. The molecule has 0 aliphatic heterocycles. The molecule has 0 heterocycles. The van der Waals surface area contributed by atoms with Gasteiger partial charge in [-0.1, -0.05) is 30.3 Å². The van der Waals surface area contributed by atoms with E-state index >= 15 is 0 Å². The summed E-state index contributed by atoms with van der Waals surface area (Å²) < 4.78 is 0. The zero-order chi connectivity index (χ0) is 11.4. The summed E-state index contributed by atoms with van der Waals surface area (Å²) in [7, 11) is 1.94. The summed E-state index contributed by atoms with van der Waals surface area (Å²) in [4.78, 5) is 11.1. The first kappa shape index (κ1) is 10.9. The van der Waals surface area contributed by atoms with Crippen molar-refractivity contribution in [2.45, 2.75) is 19.3 Å². The smallest absolute Gasteiger partial charge is 0.127 e. The molecule has 16 heavy (non-hydrogen) atoms. The van der Waals surface area contributed by atoms with Crippen molar-refractivity contribution in [1.29, 1.82) is 0 Å². The number of carbonyl (C=O) groups excluding carboxylic acids is 1. The first-order valence-electron chi connectivity index (χ1n) is 5.78. The number of rotatable bonds is 3. The molecule has 1 aromatic rings. The predicted octanol–water partition coefficient (Wildman–Crippen LogP) is 2.62. The van der Waals surface area contributed by atoms with Crippen LogP contribution in [0.5, 0.6) is 0 Å². The van der Waals surface area contributed by atoms with Crippen molar-refractivity contribution in [3.63, 3.8) is 0 Å². The van der Waals surface area contributed by atoms with Gasteiger partial charge in [0.15, 0.2) is 0 Å². The van der Waals surface area contributed by atoms with Crippen LogP contribution in [0.25, 0.3) is 5.57 Å². The van der Waals surface area contributed by atoms with E-state index < -0.39 is 0 Å². The second-order valence-electron chi connectivity index (χ2n) is 4.14. The average Bonchev–Trinajstić information content (AvgIpc) is 2.38. The van der Waals surface area contributed by atoms with Gasteiger partial charge in [0.2, 0.25) is 0 Å². The fourth-order valence-corrected chi connectivity index (χ4v) is 2.40. The minimum atomic E-state index is 0.0543. The van der Waals surface area contributed by atoms with Gasteiger partial charge in [-0.05, 0) is 30.4 Å². The Morgan fingerprint density at radius 3 is 2.69 bits per heavy atom. The molecule has 0 radical (unpaired) electrons. The molecule has 0 saturated carbocycles. The third-order valence-electron chi connectivity index (χ3n) is 3.19. The Hall–Kier alpha value is -1.57. The second-order valence-corrected chi connectivity index (χ2v) is 4.14. The SMILES string of the molecule is CNC1=C(c2ccccc2)C(C=O)CCC1. The minimum Gasteiger partial charge on any atom is -0.391 e. The standard InChI is InChI=1S/C14H17NO/c1-15-13-9-5-8-12(10-16)14(13)11-6-3-2-4-7-11/h2-4,6-7,10,12,15H,5,8-9H2,1H3. The highest BCUT2D eigenvalue weighted by atomic mass is 16.1. The maximum Gasteiger partial charge on any atom is 0.127 e. The van der Waals surface area contributed by atoms with Crippen molar-refractivity contribution >= 4 is 11.9 Å². The molecule has 1 aromatic carbocycles. The third-order valence-corrected chi connectivity index (χ3v) is 3.19. The highest BCUT2D eigenvalue weighted by molar-refractivity contribution is 5.82. The summed E-state index contributed by atoms with van der Waals surface area (Å²) in [6.45, 7) is 0. The molecule has 1 aliphatic carbocycles. The highest BCUT2D eigenvalue weighted by Crippen LogP contribution is 2.34. The molecule has 0 saturated heterocycles. The number of hydrogen-bond acceptors (Lipinski definition) is 2. The lowest BCUT2D eigenvalue weighted by atomic mass is 9.82. The molecule has 1 unspecified atom stereocenters. The van der Waals surface area contributed by atoms with Crippen LogP contribution in [0.3, 0.4) is 0 Å². The molecule has 1 aliphatic rings. The lowest BCUT2D eigenvalue weighted by molar-refractivity contribution is -0.109. The van der Waals surface area contributed by atoms with Crippen molar-refractivity contribution < 1.29 is 4.79 Å². The van der Waals surface area contributed by atoms with Crippen LogP contribution >= 0.6 is 0 Å². The Labute approximate surface area is 96.4 Å². The summed E-state index contributed by atoms with van der Waals surface area (Å²) in [6, 6.07) is 10.2. The maximum atomic E-state index is 11.1. The molecule has 2 heteroatoms. The maximum absolute atomic E-state index is 11.1. The van der Waals surface area contributed by atoms with Gasteiger partial charge in [0.25, 0.3) is 0 Å². The van der Waals surface area contributed by atoms with Gasteiger partial charge in [-0.3, -0.25) is 0 Å². The molecule has 0 bridgehead atoms. The summed E-state index contributed by atoms with van der Waals surface area (Å²) in [5, 5.41) is 3.24. The number of aldehydes is 1. The molecule has 0 amide bonds. The van der Waals surface area contributed by atoms with Crippen molar-refractivity contribution in [2.24, 2.45) is 5.92 Å². The lowest BCUT2D eigenvalue weighted by Gasteiger charge is -2.25. The number of carbonyl (C=O) groups is 1. The normalized spacial score (nSPS) is 20.7. The van der Waals surface area contributed by atoms with E-state index in [-0.39, 0.29) is 5.92 Å². The monoisotopic (exact) mass is 215 g/mol. The largest absolute Gasteiger partial charge is 0.391 e. The first-order chi connectivity index (χ1) is 7.86. The summed E-state index contributed by atoms with van der Waals surface area (Å²) in [5.74, 6) is 0.0543. The Morgan fingerprint density at radius 2 is 2.06 bits per heavy atom. The third kappa shape index (κ3) is 2.01. The number of benzene rings is 1. The molecule has 2 nitrogen and oxygen atoms in total. The number of allylic oxidation sites excluding steroid dienone is 2. The molecule has 0 spiro atoms. The van der Waals surface area contributed by atoms with Crippen molar-refractivity contribution in [3.8, 4) is 0 Å². The van der Waals surface area contributed by atoms with Gasteiger partial charge in [0.05, 0.1) is 0 Å². The Kier molecular flexibility index (Phi) is 3.40. The van der Waals surface area contributed by atoms with Crippen LogP contribution in [0.2, 0.25) is 0 Å². The molecule has 1 N–H and O–H groups in total. The van der Waals surface area contributed by atoms with Crippen LogP contribution in [-0.2, 0) is 4.79 Å². The van der Waals surface area contributed by atoms with E-state index in [1.807, 2.05) is 25.2 Å². The zero-order valence-electron chi connectivity index (χ0n) is 9.57. The Balaban J connectivity index is 2.46. The van der Waals surface area contributed by atoms with Crippen LogP contribution in [-0.4, -0.2) is 13.3 Å². The van der Waals surface area contributed by atoms with Crippen molar-refractivity contribution in [3.05, 3.63) is 41.6 Å². The average molecular weight is 215 g/mol.